The lowest BCUT2D eigenvalue weighted by Gasteiger charge is -2.18. The molecule has 0 amide bonds. The molecule has 0 bridgehead atoms. The molecule has 1 aliphatic carbocycles. The standard InChI is InChI=1S/C14H25N3/c1-4-5-9-17-10-8-15-13(17)16-12-6-7-14(2,3)11-12/h8,10,12H,4-7,9,11H2,1-3H3,(H,15,16). The van der Waals surface area contributed by atoms with Crippen LogP contribution in [0.5, 0.6) is 0 Å². The van der Waals surface area contributed by atoms with Crippen LogP contribution in [-0.2, 0) is 6.54 Å². The molecule has 0 spiro atoms. The number of nitrogens with zero attached hydrogens (tertiary/aromatic N) is 2. The Hall–Kier alpha value is -0.990. The number of aryl methyl sites for hydroxylation is 1. The van der Waals surface area contributed by atoms with Gasteiger partial charge in [0.2, 0.25) is 5.95 Å². The topological polar surface area (TPSA) is 29.9 Å². The fraction of sp³-hybridized carbons (Fsp3) is 0.786. The highest BCUT2D eigenvalue weighted by Gasteiger charge is 2.31. The molecule has 1 aromatic rings. The Morgan fingerprint density at radius 3 is 3.00 bits per heavy atom. The summed E-state index contributed by atoms with van der Waals surface area (Å²) in [5.74, 6) is 1.06. The third-order valence-corrected chi connectivity index (χ3v) is 3.77. The van der Waals surface area contributed by atoms with E-state index >= 15 is 0 Å². The monoisotopic (exact) mass is 235 g/mol. The Morgan fingerprint density at radius 2 is 2.35 bits per heavy atom. The van der Waals surface area contributed by atoms with Gasteiger partial charge in [0.25, 0.3) is 0 Å². The molecule has 1 N–H and O–H groups in total. The molecule has 1 unspecified atom stereocenters. The van der Waals surface area contributed by atoms with Crippen molar-refractivity contribution in [2.75, 3.05) is 5.32 Å². The minimum atomic E-state index is 0.499. The van der Waals surface area contributed by atoms with Crippen LogP contribution in [0.1, 0.15) is 52.9 Å². The van der Waals surface area contributed by atoms with Gasteiger partial charge in [-0.3, -0.25) is 0 Å². The zero-order valence-electron chi connectivity index (χ0n) is 11.4. The highest BCUT2D eigenvalue weighted by atomic mass is 15.2. The van der Waals surface area contributed by atoms with Gasteiger partial charge >= 0.3 is 0 Å². The van der Waals surface area contributed by atoms with Crippen LogP contribution in [0.25, 0.3) is 0 Å². The van der Waals surface area contributed by atoms with E-state index in [2.05, 4.69) is 41.8 Å². The summed E-state index contributed by atoms with van der Waals surface area (Å²) in [4.78, 5) is 4.43. The van der Waals surface area contributed by atoms with E-state index in [1.807, 2.05) is 6.20 Å². The third kappa shape index (κ3) is 3.24. The maximum Gasteiger partial charge on any atom is 0.202 e. The molecule has 17 heavy (non-hydrogen) atoms. The van der Waals surface area contributed by atoms with Crippen molar-refractivity contribution in [2.45, 2.75) is 65.5 Å². The summed E-state index contributed by atoms with van der Waals surface area (Å²) in [5, 5.41) is 3.61. The molecule has 1 saturated carbocycles. The Balaban J connectivity index is 1.92. The molecular formula is C14H25N3. The first-order valence-electron chi connectivity index (χ1n) is 6.88. The van der Waals surface area contributed by atoms with Crippen molar-refractivity contribution in [1.82, 2.24) is 9.55 Å². The second-order valence-corrected chi connectivity index (χ2v) is 6.05. The van der Waals surface area contributed by atoms with E-state index in [-0.39, 0.29) is 0 Å². The van der Waals surface area contributed by atoms with Crippen molar-refractivity contribution in [3.8, 4) is 0 Å². The van der Waals surface area contributed by atoms with Crippen LogP contribution in [-0.4, -0.2) is 15.6 Å². The summed E-state index contributed by atoms with van der Waals surface area (Å²) in [6, 6.07) is 0.604. The van der Waals surface area contributed by atoms with Gasteiger partial charge < -0.3 is 9.88 Å². The number of anilines is 1. The first-order chi connectivity index (χ1) is 8.11. The van der Waals surface area contributed by atoms with Gasteiger partial charge in [0, 0.05) is 25.0 Å². The molecular weight excluding hydrogens is 210 g/mol. The van der Waals surface area contributed by atoms with E-state index in [1.165, 1.54) is 32.1 Å². The average molecular weight is 235 g/mol. The lowest BCUT2D eigenvalue weighted by atomic mass is 9.92. The van der Waals surface area contributed by atoms with E-state index in [1.54, 1.807) is 0 Å². The van der Waals surface area contributed by atoms with Crippen LogP contribution >= 0.6 is 0 Å². The summed E-state index contributed by atoms with van der Waals surface area (Å²) in [6.45, 7) is 8.02. The maximum atomic E-state index is 4.43. The molecule has 0 aliphatic heterocycles. The van der Waals surface area contributed by atoms with Gasteiger partial charge in [0.15, 0.2) is 0 Å². The molecule has 1 aromatic heterocycles. The fourth-order valence-corrected chi connectivity index (χ4v) is 2.70. The molecule has 0 aromatic carbocycles. The fourth-order valence-electron chi connectivity index (χ4n) is 2.70. The number of rotatable bonds is 5. The van der Waals surface area contributed by atoms with Gasteiger partial charge in [-0.15, -0.1) is 0 Å². The van der Waals surface area contributed by atoms with Gasteiger partial charge in [-0.1, -0.05) is 27.2 Å². The predicted molar refractivity (Wildman–Crippen MR) is 72.2 cm³/mol. The number of imidazole rings is 1. The quantitative estimate of drug-likeness (QED) is 0.844. The SMILES string of the molecule is CCCCn1ccnc1NC1CCC(C)(C)C1. The van der Waals surface area contributed by atoms with Gasteiger partial charge in [-0.2, -0.15) is 0 Å². The Labute approximate surface area is 105 Å². The zero-order valence-corrected chi connectivity index (χ0v) is 11.4. The number of unbranched alkanes of at least 4 members (excludes halogenated alkanes) is 1. The summed E-state index contributed by atoms with van der Waals surface area (Å²) in [7, 11) is 0. The molecule has 3 heteroatoms. The smallest absolute Gasteiger partial charge is 0.202 e. The number of hydrogen-bond acceptors (Lipinski definition) is 2. The lowest BCUT2D eigenvalue weighted by Crippen LogP contribution is -2.20. The van der Waals surface area contributed by atoms with E-state index in [0.29, 0.717) is 11.5 Å². The first-order valence-corrected chi connectivity index (χ1v) is 6.88. The van der Waals surface area contributed by atoms with E-state index in [9.17, 15) is 0 Å². The number of nitrogens with one attached hydrogen (secondary N) is 1. The summed E-state index contributed by atoms with van der Waals surface area (Å²) < 4.78 is 2.24. The number of aromatic nitrogens is 2. The number of hydrogen-bond donors (Lipinski definition) is 1. The van der Waals surface area contributed by atoms with Crippen LogP contribution in [0.4, 0.5) is 5.95 Å². The minimum absolute atomic E-state index is 0.499. The predicted octanol–water partition coefficient (Wildman–Crippen LogP) is 3.67. The van der Waals surface area contributed by atoms with E-state index < -0.39 is 0 Å². The molecule has 3 nitrogen and oxygen atoms in total. The average Bonchev–Trinajstić information content (AvgIpc) is 2.83. The summed E-state index contributed by atoms with van der Waals surface area (Å²) in [5.41, 5.74) is 0.499. The van der Waals surface area contributed by atoms with Crippen LogP contribution in [0.15, 0.2) is 12.4 Å². The van der Waals surface area contributed by atoms with Crippen molar-refractivity contribution in [1.29, 1.82) is 0 Å². The Bertz CT molecular complexity index is 354. The van der Waals surface area contributed by atoms with Gasteiger partial charge in [0.05, 0.1) is 0 Å². The maximum absolute atomic E-state index is 4.43. The summed E-state index contributed by atoms with van der Waals surface area (Å²) >= 11 is 0. The van der Waals surface area contributed by atoms with Gasteiger partial charge in [-0.25, -0.2) is 4.98 Å². The van der Waals surface area contributed by atoms with Gasteiger partial charge in [-0.05, 0) is 31.1 Å². The molecule has 0 radical (unpaired) electrons. The highest BCUT2D eigenvalue weighted by Crippen LogP contribution is 2.38. The highest BCUT2D eigenvalue weighted by molar-refractivity contribution is 5.28. The van der Waals surface area contributed by atoms with Crippen LogP contribution in [0, 0.1) is 5.41 Å². The minimum Gasteiger partial charge on any atom is -0.353 e. The summed E-state index contributed by atoms with van der Waals surface area (Å²) in [6.07, 6.45) is 10.3. The zero-order chi connectivity index (χ0) is 12.3. The largest absolute Gasteiger partial charge is 0.353 e. The van der Waals surface area contributed by atoms with Crippen LogP contribution in [0.2, 0.25) is 0 Å². The normalized spacial score (nSPS) is 22.9. The van der Waals surface area contributed by atoms with Crippen molar-refractivity contribution < 1.29 is 0 Å². The lowest BCUT2D eigenvalue weighted by molar-refractivity contribution is 0.378. The second kappa shape index (κ2) is 5.11. The molecule has 1 atom stereocenters. The molecule has 2 rings (SSSR count). The van der Waals surface area contributed by atoms with Crippen molar-refractivity contribution in [3.05, 3.63) is 12.4 Å². The van der Waals surface area contributed by atoms with Crippen LogP contribution in [0.3, 0.4) is 0 Å². The first kappa shape index (κ1) is 12.5. The van der Waals surface area contributed by atoms with E-state index in [0.717, 1.165) is 12.5 Å². The van der Waals surface area contributed by atoms with Gasteiger partial charge in [0.1, 0.15) is 0 Å². The van der Waals surface area contributed by atoms with Crippen molar-refractivity contribution in [2.24, 2.45) is 5.41 Å². The molecule has 1 fully saturated rings. The molecule has 1 aliphatic rings. The molecule has 0 saturated heterocycles. The van der Waals surface area contributed by atoms with Crippen LogP contribution < -0.4 is 5.32 Å². The molecule has 1 heterocycles. The van der Waals surface area contributed by atoms with Crippen molar-refractivity contribution in [3.63, 3.8) is 0 Å². The molecule has 96 valence electrons. The Kier molecular flexibility index (Phi) is 3.75. The van der Waals surface area contributed by atoms with Crippen molar-refractivity contribution >= 4 is 5.95 Å². The third-order valence-electron chi connectivity index (χ3n) is 3.77. The Morgan fingerprint density at radius 1 is 1.53 bits per heavy atom. The van der Waals surface area contributed by atoms with E-state index in [4.69, 9.17) is 0 Å². The second-order valence-electron chi connectivity index (χ2n) is 6.05.